The van der Waals surface area contributed by atoms with Crippen LogP contribution in [0.15, 0.2) is 0 Å². The van der Waals surface area contributed by atoms with Gasteiger partial charge in [-0.3, -0.25) is 0 Å². The van der Waals surface area contributed by atoms with E-state index in [9.17, 15) is 0 Å². The predicted octanol–water partition coefficient (Wildman–Crippen LogP) is -1.72. The van der Waals surface area contributed by atoms with Crippen LogP contribution in [-0.4, -0.2) is 49.2 Å². The molecule has 0 amide bonds. The molecule has 0 aromatic rings. The largest absolute Gasteiger partial charge is 0.394 e. The van der Waals surface area contributed by atoms with Gasteiger partial charge in [-0.15, -0.1) is 0 Å². The molecular weight excluding hydrogens is 160 g/mol. The molecule has 0 aliphatic carbocycles. The summed E-state index contributed by atoms with van der Waals surface area (Å²) < 4.78 is 4.76. The third-order valence-corrected chi connectivity index (χ3v) is 0.839. The van der Waals surface area contributed by atoms with Gasteiger partial charge >= 0.3 is 0 Å². The van der Waals surface area contributed by atoms with E-state index in [1.807, 2.05) is 0 Å². The highest BCUT2D eigenvalue weighted by molar-refractivity contribution is 4.40. The summed E-state index contributed by atoms with van der Waals surface area (Å²) >= 11 is 0. The zero-order chi connectivity index (χ0) is 9.82. The van der Waals surface area contributed by atoms with E-state index in [4.69, 9.17) is 26.4 Å². The van der Waals surface area contributed by atoms with Crippen LogP contribution >= 0.6 is 0 Å². The molecule has 0 aromatic carbocycles. The van der Waals surface area contributed by atoms with E-state index in [0.29, 0.717) is 26.3 Å². The van der Waals surface area contributed by atoms with Crippen molar-refractivity contribution in [1.29, 1.82) is 0 Å². The third kappa shape index (κ3) is 22.6. The molecule has 1 unspecified atom stereocenters. The fourth-order valence-electron chi connectivity index (χ4n) is 0.250. The van der Waals surface area contributed by atoms with Gasteiger partial charge in [0.15, 0.2) is 0 Å². The molecule has 0 rings (SSSR count). The molecule has 0 radical (unpaired) electrons. The summed E-state index contributed by atoms with van der Waals surface area (Å²) in [6, 6.07) is 0. The third-order valence-electron chi connectivity index (χ3n) is 0.839. The van der Waals surface area contributed by atoms with Crippen molar-refractivity contribution in [2.45, 2.75) is 13.0 Å². The molecule has 12 heavy (non-hydrogen) atoms. The van der Waals surface area contributed by atoms with Crippen LogP contribution in [0.25, 0.3) is 0 Å². The van der Waals surface area contributed by atoms with Gasteiger partial charge in [0.05, 0.1) is 25.9 Å². The second kappa shape index (κ2) is 13.4. The predicted molar refractivity (Wildman–Crippen MR) is 47.7 cm³/mol. The highest BCUT2D eigenvalue weighted by atomic mass is 16.5. The quantitative estimate of drug-likeness (QED) is 0.377. The number of nitrogens with two attached hydrogens (primary N) is 2. The fraction of sp³-hybridized carbons (Fsp3) is 1.00. The van der Waals surface area contributed by atoms with Gasteiger partial charge in [-0.1, -0.05) is 0 Å². The van der Waals surface area contributed by atoms with Gasteiger partial charge in [0.2, 0.25) is 0 Å². The van der Waals surface area contributed by atoms with Crippen LogP contribution in [0, 0.1) is 0 Å². The van der Waals surface area contributed by atoms with Gasteiger partial charge in [-0.2, -0.15) is 0 Å². The average Bonchev–Trinajstić information content (AvgIpc) is 2.07. The molecule has 1 atom stereocenters. The molecular formula is C7H20N2O3. The maximum atomic E-state index is 8.24. The molecule has 6 N–H and O–H groups in total. The first kappa shape index (κ1) is 14.3. The van der Waals surface area contributed by atoms with E-state index in [2.05, 4.69) is 0 Å². The summed E-state index contributed by atoms with van der Waals surface area (Å²) in [5.41, 5.74) is 9.98. The Balaban J connectivity index is 0. The molecule has 76 valence electrons. The van der Waals surface area contributed by atoms with Crippen molar-refractivity contribution >= 4 is 0 Å². The van der Waals surface area contributed by atoms with E-state index < -0.39 is 0 Å². The van der Waals surface area contributed by atoms with Crippen molar-refractivity contribution in [2.75, 3.05) is 32.9 Å². The Hall–Kier alpha value is -0.200. The fourth-order valence-corrected chi connectivity index (χ4v) is 0.250. The Morgan fingerprint density at radius 3 is 2.08 bits per heavy atom. The highest BCUT2D eigenvalue weighted by Gasteiger charge is 1.81. The van der Waals surface area contributed by atoms with E-state index in [1.54, 1.807) is 6.92 Å². The first-order chi connectivity index (χ1) is 5.68. The number of hydrogen-bond acceptors (Lipinski definition) is 5. The Morgan fingerprint density at radius 2 is 1.83 bits per heavy atom. The van der Waals surface area contributed by atoms with E-state index in [-0.39, 0.29) is 12.7 Å². The van der Waals surface area contributed by atoms with E-state index >= 15 is 0 Å². The van der Waals surface area contributed by atoms with Crippen molar-refractivity contribution < 1.29 is 14.9 Å². The molecule has 0 saturated heterocycles. The molecule has 0 fully saturated rings. The SMILES string of the molecule is CC(O)CN.NCCOCCO. The van der Waals surface area contributed by atoms with Crippen molar-refractivity contribution in [3.05, 3.63) is 0 Å². The summed E-state index contributed by atoms with van der Waals surface area (Å²) in [6.45, 7) is 3.57. The Bertz CT molecular complexity index is 67.7. The van der Waals surface area contributed by atoms with Crippen LogP contribution in [-0.2, 0) is 4.74 Å². The lowest BCUT2D eigenvalue weighted by atomic mass is 10.4. The van der Waals surface area contributed by atoms with Gasteiger partial charge in [0, 0.05) is 13.1 Å². The molecule has 0 bridgehead atoms. The summed E-state index contributed by atoms with van der Waals surface area (Å²) in [6.07, 6.45) is -0.338. The Kier molecular flexibility index (Phi) is 16.0. The first-order valence-electron chi connectivity index (χ1n) is 3.95. The van der Waals surface area contributed by atoms with Crippen LogP contribution in [0.5, 0.6) is 0 Å². The first-order valence-corrected chi connectivity index (χ1v) is 3.95. The molecule has 5 nitrogen and oxygen atoms in total. The van der Waals surface area contributed by atoms with Gasteiger partial charge in [0.25, 0.3) is 0 Å². The minimum absolute atomic E-state index is 0.0833. The van der Waals surface area contributed by atoms with Crippen LogP contribution < -0.4 is 11.5 Å². The minimum atomic E-state index is -0.338. The standard InChI is InChI=1S/C4H11NO2.C3H9NO/c5-1-3-7-4-2-6;1-3(5)2-4/h6H,1-5H2;3,5H,2,4H2,1H3. The van der Waals surface area contributed by atoms with Gasteiger partial charge in [-0.25, -0.2) is 0 Å². The zero-order valence-corrected chi connectivity index (χ0v) is 7.57. The van der Waals surface area contributed by atoms with Crippen LogP contribution in [0.2, 0.25) is 0 Å². The van der Waals surface area contributed by atoms with Crippen molar-refractivity contribution in [1.82, 2.24) is 0 Å². The van der Waals surface area contributed by atoms with Gasteiger partial charge in [-0.05, 0) is 6.92 Å². The summed E-state index contributed by atoms with van der Waals surface area (Å²) in [7, 11) is 0. The number of aliphatic hydroxyl groups excluding tert-OH is 2. The molecule has 5 heteroatoms. The molecule has 0 spiro atoms. The number of hydrogen-bond donors (Lipinski definition) is 4. The van der Waals surface area contributed by atoms with Crippen molar-refractivity contribution in [3.8, 4) is 0 Å². The zero-order valence-electron chi connectivity index (χ0n) is 7.57. The smallest absolute Gasteiger partial charge is 0.0698 e. The monoisotopic (exact) mass is 180 g/mol. The lowest BCUT2D eigenvalue weighted by molar-refractivity contribution is 0.0976. The topological polar surface area (TPSA) is 102 Å². The van der Waals surface area contributed by atoms with Crippen molar-refractivity contribution in [2.24, 2.45) is 11.5 Å². The highest BCUT2D eigenvalue weighted by Crippen LogP contribution is 1.67. The normalized spacial score (nSPS) is 11.8. The average molecular weight is 180 g/mol. The number of aliphatic hydroxyl groups is 2. The molecule has 0 aromatic heterocycles. The maximum Gasteiger partial charge on any atom is 0.0698 e. The van der Waals surface area contributed by atoms with Crippen LogP contribution in [0.3, 0.4) is 0 Å². The minimum Gasteiger partial charge on any atom is -0.394 e. The lowest BCUT2D eigenvalue weighted by Gasteiger charge is -1.95. The second-order valence-corrected chi connectivity index (χ2v) is 2.21. The molecule has 0 heterocycles. The van der Waals surface area contributed by atoms with E-state index in [1.165, 1.54) is 0 Å². The Labute approximate surface area is 73.3 Å². The second-order valence-electron chi connectivity index (χ2n) is 2.21. The van der Waals surface area contributed by atoms with Crippen LogP contribution in [0.1, 0.15) is 6.92 Å². The van der Waals surface area contributed by atoms with Crippen molar-refractivity contribution in [3.63, 3.8) is 0 Å². The Morgan fingerprint density at radius 1 is 1.33 bits per heavy atom. The lowest BCUT2D eigenvalue weighted by Crippen LogP contribution is -2.14. The number of rotatable bonds is 5. The van der Waals surface area contributed by atoms with Gasteiger partial charge in [0.1, 0.15) is 0 Å². The van der Waals surface area contributed by atoms with Gasteiger partial charge < -0.3 is 26.4 Å². The molecule has 0 aliphatic heterocycles. The molecule has 0 aliphatic rings. The summed E-state index contributed by atoms with van der Waals surface area (Å²) in [4.78, 5) is 0. The van der Waals surface area contributed by atoms with E-state index in [0.717, 1.165) is 0 Å². The summed E-state index contributed by atoms with van der Waals surface area (Å²) in [5.74, 6) is 0. The summed E-state index contributed by atoms with van der Waals surface area (Å²) in [5, 5.41) is 16.4. The molecule has 0 saturated carbocycles. The number of ether oxygens (including phenoxy) is 1. The maximum absolute atomic E-state index is 8.24. The van der Waals surface area contributed by atoms with Crippen LogP contribution in [0.4, 0.5) is 0 Å².